The average Bonchev–Trinajstić information content (AvgIpc) is 2.40. The molecular formula is C16H28FN3. The summed E-state index contributed by atoms with van der Waals surface area (Å²) in [6, 6.07) is 5.49. The van der Waals surface area contributed by atoms with E-state index in [-0.39, 0.29) is 11.9 Å². The summed E-state index contributed by atoms with van der Waals surface area (Å²) in [5.74, 6) is -0.153. The minimum Gasteiger partial charge on any atom is -0.329 e. The number of aryl methyl sites for hydroxylation is 1. The first-order valence-corrected chi connectivity index (χ1v) is 7.34. The molecule has 0 fully saturated rings. The van der Waals surface area contributed by atoms with Gasteiger partial charge in [-0.25, -0.2) is 4.39 Å². The van der Waals surface area contributed by atoms with Crippen LogP contribution in [0.4, 0.5) is 4.39 Å². The molecule has 0 spiro atoms. The number of benzene rings is 1. The van der Waals surface area contributed by atoms with Gasteiger partial charge in [-0.05, 0) is 51.2 Å². The highest BCUT2D eigenvalue weighted by molar-refractivity contribution is 5.27. The molecule has 0 saturated carbocycles. The Kier molecular flexibility index (Phi) is 7.13. The fourth-order valence-electron chi connectivity index (χ4n) is 2.41. The molecule has 2 N–H and O–H groups in total. The van der Waals surface area contributed by atoms with E-state index in [0.717, 1.165) is 31.6 Å². The number of hydrogen-bond acceptors (Lipinski definition) is 3. The van der Waals surface area contributed by atoms with Gasteiger partial charge in [-0.3, -0.25) is 4.90 Å². The zero-order valence-electron chi connectivity index (χ0n) is 13.2. The first-order chi connectivity index (χ1) is 9.49. The molecule has 1 aromatic rings. The summed E-state index contributed by atoms with van der Waals surface area (Å²) in [6.07, 6.45) is 1.09. The summed E-state index contributed by atoms with van der Waals surface area (Å²) < 4.78 is 13.4. The second kappa shape index (κ2) is 8.35. The Morgan fingerprint density at radius 1 is 1.20 bits per heavy atom. The van der Waals surface area contributed by atoms with Crippen molar-refractivity contribution in [3.05, 3.63) is 35.1 Å². The molecule has 0 saturated heterocycles. The van der Waals surface area contributed by atoms with E-state index in [1.54, 1.807) is 13.0 Å². The molecule has 4 heteroatoms. The molecule has 0 amide bonds. The zero-order valence-corrected chi connectivity index (χ0v) is 13.2. The maximum atomic E-state index is 13.4. The van der Waals surface area contributed by atoms with Crippen LogP contribution in [0.25, 0.3) is 0 Å². The maximum absolute atomic E-state index is 13.4. The first-order valence-electron chi connectivity index (χ1n) is 7.34. The minimum absolute atomic E-state index is 0.153. The number of nitrogens with zero attached hydrogens (tertiary/aromatic N) is 2. The van der Waals surface area contributed by atoms with E-state index >= 15 is 0 Å². The molecule has 1 aromatic carbocycles. The Labute approximate surface area is 122 Å². The number of rotatable bonds is 8. The second-order valence-corrected chi connectivity index (χ2v) is 5.60. The van der Waals surface area contributed by atoms with Gasteiger partial charge in [-0.2, -0.15) is 0 Å². The van der Waals surface area contributed by atoms with Gasteiger partial charge in [0, 0.05) is 25.7 Å². The first kappa shape index (κ1) is 17.1. The molecule has 0 aliphatic heterocycles. The summed E-state index contributed by atoms with van der Waals surface area (Å²) in [5, 5.41) is 0. The molecule has 0 aliphatic carbocycles. The molecule has 0 aliphatic rings. The molecule has 1 rings (SSSR count). The van der Waals surface area contributed by atoms with E-state index in [2.05, 4.69) is 30.8 Å². The lowest BCUT2D eigenvalue weighted by atomic mass is 10.0. The lowest BCUT2D eigenvalue weighted by Gasteiger charge is -2.32. The summed E-state index contributed by atoms with van der Waals surface area (Å²) in [4.78, 5) is 4.57. The maximum Gasteiger partial charge on any atom is 0.126 e. The van der Waals surface area contributed by atoms with Crippen LogP contribution in [0.2, 0.25) is 0 Å². The lowest BCUT2D eigenvalue weighted by Crippen LogP contribution is -2.38. The van der Waals surface area contributed by atoms with Crippen molar-refractivity contribution < 1.29 is 4.39 Å². The van der Waals surface area contributed by atoms with E-state index in [1.807, 2.05) is 12.1 Å². The Morgan fingerprint density at radius 2 is 1.90 bits per heavy atom. The van der Waals surface area contributed by atoms with Gasteiger partial charge in [0.1, 0.15) is 5.82 Å². The SMILES string of the molecule is CCCN(CCN(C)C)C(CN)c1ccc(F)c(C)c1. The van der Waals surface area contributed by atoms with Gasteiger partial charge >= 0.3 is 0 Å². The smallest absolute Gasteiger partial charge is 0.126 e. The quantitative estimate of drug-likeness (QED) is 0.794. The number of hydrogen-bond donors (Lipinski definition) is 1. The molecular weight excluding hydrogens is 253 g/mol. The third-order valence-corrected chi connectivity index (χ3v) is 3.58. The third kappa shape index (κ3) is 4.85. The van der Waals surface area contributed by atoms with E-state index in [1.165, 1.54) is 0 Å². The number of nitrogens with two attached hydrogens (primary N) is 1. The van der Waals surface area contributed by atoms with Gasteiger partial charge in [-0.15, -0.1) is 0 Å². The highest BCUT2D eigenvalue weighted by Crippen LogP contribution is 2.22. The number of halogens is 1. The van der Waals surface area contributed by atoms with Crippen molar-refractivity contribution in [2.45, 2.75) is 26.3 Å². The van der Waals surface area contributed by atoms with Gasteiger partial charge in [-0.1, -0.05) is 19.1 Å². The fraction of sp³-hybridized carbons (Fsp3) is 0.625. The standard InChI is InChI=1S/C16H28FN3/c1-5-8-20(10-9-19(3)4)16(12-18)14-6-7-15(17)13(2)11-14/h6-7,11,16H,5,8-10,12,18H2,1-4H3. The summed E-state index contributed by atoms with van der Waals surface area (Å²) in [6.45, 7) is 7.50. The van der Waals surface area contributed by atoms with Crippen LogP contribution in [-0.2, 0) is 0 Å². The zero-order chi connectivity index (χ0) is 15.1. The van der Waals surface area contributed by atoms with Crippen molar-refractivity contribution in [1.29, 1.82) is 0 Å². The topological polar surface area (TPSA) is 32.5 Å². The van der Waals surface area contributed by atoms with E-state index in [9.17, 15) is 4.39 Å². The summed E-state index contributed by atoms with van der Waals surface area (Å²) in [5.41, 5.74) is 7.78. The molecule has 20 heavy (non-hydrogen) atoms. The Morgan fingerprint density at radius 3 is 2.40 bits per heavy atom. The van der Waals surface area contributed by atoms with Crippen LogP contribution in [0.1, 0.15) is 30.5 Å². The van der Waals surface area contributed by atoms with Crippen molar-refractivity contribution >= 4 is 0 Å². The van der Waals surface area contributed by atoms with Crippen molar-refractivity contribution in [3.8, 4) is 0 Å². The van der Waals surface area contributed by atoms with Crippen LogP contribution < -0.4 is 5.73 Å². The van der Waals surface area contributed by atoms with Crippen molar-refractivity contribution in [1.82, 2.24) is 9.80 Å². The van der Waals surface area contributed by atoms with Crippen molar-refractivity contribution in [3.63, 3.8) is 0 Å². The lowest BCUT2D eigenvalue weighted by molar-refractivity contribution is 0.182. The minimum atomic E-state index is -0.153. The van der Waals surface area contributed by atoms with E-state index in [4.69, 9.17) is 5.73 Å². The predicted molar refractivity (Wildman–Crippen MR) is 83.4 cm³/mol. The Bertz CT molecular complexity index is 407. The highest BCUT2D eigenvalue weighted by atomic mass is 19.1. The molecule has 0 radical (unpaired) electrons. The molecule has 1 atom stereocenters. The van der Waals surface area contributed by atoms with Gasteiger partial charge < -0.3 is 10.6 Å². The largest absolute Gasteiger partial charge is 0.329 e. The van der Waals surface area contributed by atoms with Crippen LogP contribution in [0.3, 0.4) is 0 Å². The highest BCUT2D eigenvalue weighted by Gasteiger charge is 2.19. The van der Waals surface area contributed by atoms with Crippen LogP contribution in [-0.4, -0.2) is 50.1 Å². The Hall–Kier alpha value is -0.970. The number of likely N-dealkylation sites (N-methyl/N-ethyl adjacent to an activating group) is 1. The van der Waals surface area contributed by atoms with E-state index in [0.29, 0.717) is 12.1 Å². The normalized spacial score (nSPS) is 13.2. The monoisotopic (exact) mass is 281 g/mol. The molecule has 3 nitrogen and oxygen atoms in total. The average molecular weight is 281 g/mol. The summed E-state index contributed by atoms with van der Waals surface area (Å²) in [7, 11) is 4.15. The van der Waals surface area contributed by atoms with Crippen molar-refractivity contribution in [2.75, 3.05) is 40.3 Å². The van der Waals surface area contributed by atoms with Gasteiger partial charge in [0.25, 0.3) is 0 Å². The Balaban J connectivity index is 2.90. The molecule has 114 valence electrons. The van der Waals surface area contributed by atoms with Gasteiger partial charge in [0.05, 0.1) is 0 Å². The second-order valence-electron chi connectivity index (χ2n) is 5.60. The third-order valence-electron chi connectivity index (χ3n) is 3.58. The van der Waals surface area contributed by atoms with Crippen LogP contribution >= 0.6 is 0 Å². The summed E-state index contributed by atoms with van der Waals surface area (Å²) >= 11 is 0. The molecule has 0 bridgehead atoms. The fourth-order valence-corrected chi connectivity index (χ4v) is 2.41. The van der Waals surface area contributed by atoms with Crippen LogP contribution in [0.15, 0.2) is 18.2 Å². The molecule has 0 aromatic heterocycles. The van der Waals surface area contributed by atoms with Gasteiger partial charge in [0.15, 0.2) is 0 Å². The van der Waals surface area contributed by atoms with Crippen LogP contribution in [0.5, 0.6) is 0 Å². The van der Waals surface area contributed by atoms with Crippen molar-refractivity contribution in [2.24, 2.45) is 5.73 Å². The molecule has 1 unspecified atom stereocenters. The van der Waals surface area contributed by atoms with E-state index < -0.39 is 0 Å². The van der Waals surface area contributed by atoms with Crippen LogP contribution in [0, 0.1) is 12.7 Å². The molecule has 0 heterocycles. The predicted octanol–water partition coefficient (Wildman–Crippen LogP) is 2.41. The van der Waals surface area contributed by atoms with Gasteiger partial charge in [0.2, 0.25) is 0 Å².